The van der Waals surface area contributed by atoms with E-state index in [9.17, 15) is 18.4 Å². The van der Waals surface area contributed by atoms with Gasteiger partial charge in [-0.2, -0.15) is 8.78 Å². The molecule has 0 saturated carbocycles. The molecule has 7 heteroatoms. The van der Waals surface area contributed by atoms with Crippen molar-refractivity contribution in [2.24, 2.45) is 5.92 Å². The second-order valence-corrected chi connectivity index (χ2v) is 6.01. The standard InChI is InChI=1S/C19H20F2N2O3/c1-12(2)11-22-18(25)15-8-3-4-9-16(15)23-17(24)13-6-5-7-14(10-13)26-19(20)21/h3-10,12,19H,11H2,1-2H3,(H,22,25)(H,23,24). The van der Waals surface area contributed by atoms with Crippen molar-refractivity contribution in [3.05, 3.63) is 59.7 Å². The lowest BCUT2D eigenvalue weighted by molar-refractivity contribution is -0.0498. The van der Waals surface area contributed by atoms with Gasteiger partial charge in [0.1, 0.15) is 5.75 Å². The number of alkyl halides is 2. The molecule has 138 valence electrons. The van der Waals surface area contributed by atoms with Gasteiger partial charge in [-0.3, -0.25) is 9.59 Å². The van der Waals surface area contributed by atoms with Crippen LogP contribution in [0.4, 0.5) is 14.5 Å². The molecule has 2 aromatic rings. The first-order valence-electron chi connectivity index (χ1n) is 8.10. The van der Waals surface area contributed by atoms with Crippen LogP contribution < -0.4 is 15.4 Å². The van der Waals surface area contributed by atoms with Crippen LogP contribution in [0, 0.1) is 5.92 Å². The fourth-order valence-corrected chi connectivity index (χ4v) is 2.19. The third kappa shape index (κ3) is 5.54. The number of anilines is 1. The van der Waals surface area contributed by atoms with Gasteiger partial charge in [-0.05, 0) is 36.2 Å². The summed E-state index contributed by atoms with van der Waals surface area (Å²) in [7, 11) is 0. The van der Waals surface area contributed by atoms with E-state index in [0.29, 0.717) is 23.7 Å². The highest BCUT2D eigenvalue weighted by molar-refractivity contribution is 6.09. The number of amides is 2. The Hall–Kier alpha value is -2.96. The van der Waals surface area contributed by atoms with E-state index in [4.69, 9.17) is 0 Å². The predicted octanol–water partition coefficient (Wildman–Crippen LogP) is 3.93. The topological polar surface area (TPSA) is 67.4 Å². The molecule has 0 aromatic heterocycles. The van der Waals surface area contributed by atoms with Crippen LogP contribution in [-0.4, -0.2) is 25.0 Å². The number of benzene rings is 2. The van der Waals surface area contributed by atoms with Gasteiger partial charge in [0, 0.05) is 12.1 Å². The number of hydrogen-bond acceptors (Lipinski definition) is 3. The Morgan fingerprint density at radius 3 is 2.46 bits per heavy atom. The average Bonchev–Trinajstić information content (AvgIpc) is 2.59. The van der Waals surface area contributed by atoms with Crippen LogP contribution in [0.15, 0.2) is 48.5 Å². The number of nitrogens with one attached hydrogen (secondary N) is 2. The molecule has 2 rings (SSSR count). The monoisotopic (exact) mass is 362 g/mol. The van der Waals surface area contributed by atoms with E-state index in [-0.39, 0.29) is 17.2 Å². The molecule has 0 fully saturated rings. The van der Waals surface area contributed by atoms with Crippen molar-refractivity contribution in [2.45, 2.75) is 20.5 Å². The summed E-state index contributed by atoms with van der Waals surface area (Å²) in [6.45, 7) is 1.48. The molecule has 0 unspecified atom stereocenters. The first-order chi connectivity index (χ1) is 12.4. The van der Waals surface area contributed by atoms with E-state index in [1.54, 1.807) is 24.3 Å². The number of carbonyl (C=O) groups is 2. The molecule has 0 bridgehead atoms. The van der Waals surface area contributed by atoms with E-state index in [0.717, 1.165) is 0 Å². The van der Waals surface area contributed by atoms with Crippen molar-refractivity contribution in [2.75, 3.05) is 11.9 Å². The highest BCUT2D eigenvalue weighted by Gasteiger charge is 2.15. The maximum atomic E-state index is 12.4. The van der Waals surface area contributed by atoms with E-state index in [2.05, 4.69) is 15.4 Å². The highest BCUT2D eigenvalue weighted by atomic mass is 19.3. The summed E-state index contributed by atoms with van der Waals surface area (Å²) in [5.74, 6) is -0.660. The first kappa shape index (κ1) is 19.4. The number of halogens is 2. The Labute approximate surface area is 150 Å². The van der Waals surface area contributed by atoms with Crippen LogP contribution in [0.25, 0.3) is 0 Å². The van der Waals surface area contributed by atoms with Crippen LogP contribution >= 0.6 is 0 Å². The van der Waals surface area contributed by atoms with E-state index >= 15 is 0 Å². The molecule has 0 aliphatic carbocycles. The van der Waals surface area contributed by atoms with E-state index in [1.165, 1.54) is 24.3 Å². The molecule has 2 aromatic carbocycles. The molecular formula is C19H20F2N2O3. The predicted molar refractivity (Wildman–Crippen MR) is 94.6 cm³/mol. The van der Waals surface area contributed by atoms with Gasteiger partial charge in [-0.1, -0.05) is 32.0 Å². The molecule has 2 amide bonds. The zero-order valence-corrected chi connectivity index (χ0v) is 14.5. The Bertz CT molecular complexity index is 779. The lowest BCUT2D eigenvalue weighted by Crippen LogP contribution is -2.28. The van der Waals surface area contributed by atoms with Gasteiger partial charge in [-0.15, -0.1) is 0 Å². The van der Waals surface area contributed by atoms with Crippen molar-refractivity contribution < 1.29 is 23.1 Å². The van der Waals surface area contributed by atoms with E-state index in [1.807, 2.05) is 13.8 Å². The second-order valence-electron chi connectivity index (χ2n) is 6.01. The summed E-state index contributed by atoms with van der Waals surface area (Å²) < 4.78 is 28.9. The Morgan fingerprint density at radius 1 is 1.04 bits per heavy atom. The highest BCUT2D eigenvalue weighted by Crippen LogP contribution is 2.19. The fourth-order valence-electron chi connectivity index (χ4n) is 2.19. The summed E-state index contributed by atoms with van der Waals surface area (Å²) >= 11 is 0. The SMILES string of the molecule is CC(C)CNC(=O)c1ccccc1NC(=O)c1cccc(OC(F)F)c1. The normalized spacial score (nSPS) is 10.7. The number of rotatable bonds is 7. The third-order valence-corrected chi connectivity index (χ3v) is 3.41. The number of hydrogen-bond donors (Lipinski definition) is 2. The van der Waals surface area contributed by atoms with E-state index < -0.39 is 12.5 Å². The quantitative estimate of drug-likeness (QED) is 0.784. The van der Waals surface area contributed by atoms with Crippen molar-refractivity contribution in [1.82, 2.24) is 5.32 Å². The van der Waals surface area contributed by atoms with Crippen LogP contribution in [0.1, 0.15) is 34.6 Å². The van der Waals surface area contributed by atoms with Crippen LogP contribution in [0.3, 0.4) is 0 Å². The minimum atomic E-state index is -2.97. The number of para-hydroxylation sites is 1. The third-order valence-electron chi connectivity index (χ3n) is 3.41. The van der Waals surface area contributed by atoms with Crippen molar-refractivity contribution >= 4 is 17.5 Å². The maximum Gasteiger partial charge on any atom is 0.387 e. The van der Waals surface area contributed by atoms with Gasteiger partial charge in [0.25, 0.3) is 11.8 Å². The molecule has 26 heavy (non-hydrogen) atoms. The molecule has 0 aliphatic rings. The van der Waals surface area contributed by atoms with Crippen molar-refractivity contribution in [1.29, 1.82) is 0 Å². The molecule has 0 heterocycles. The molecule has 0 radical (unpaired) electrons. The molecule has 0 spiro atoms. The van der Waals surface area contributed by atoms with Crippen molar-refractivity contribution in [3.8, 4) is 5.75 Å². The summed E-state index contributed by atoms with van der Waals surface area (Å²) in [5.41, 5.74) is 0.793. The molecule has 2 N–H and O–H groups in total. The minimum Gasteiger partial charge on any atom is -0.435 e. The number of carbonyl (C=O) groups excluding carboxylic acids is 2. The molecule has 0 aliphatic heterocycles. The largest absolute Gasteiger partial charge is 0.435 e. The molecule has 0 saturated heterocycles. The average molecular weight is 362 g/mol. The summed E-state index contributed by atoms with van der Waals surface area (Å²) in [6, 6.07) is 12.0. The molecule has 5 nitrogen and oxygen atoms in total. The van der Waals surface area contributed by atoms with Gasteiger partial charge in [0.15, 0.2) is 0 Å². The van der Waals surface area contributed by atoms with Crippen LogP contribution in [0.5, 0.6) is 5.75 Å². The second kappa shape index (κ2) is 8.94. The molecular weight excluding hydrogens is 342 g/mol. The minimum absolute atomic E-state index is 0.115. The summed E-state index contributed by atoms with van der Waals surface area (Å²) in [6.07, 6.45) is 0. The number of ether oxygens (including phenoxy) is 1. The smallest absolute Gasteiger partial charge is 0.387 e. The summed E-state index contributed by atoms with van der Waals surface area (Å²) in [5, 5.41) is 5.42. The van der Waals surface area contributed by atoms with Crippen LogP contribution in [0.2, 0.25) is 0 Å². The zero-order chi connectivity index (χ0) is 19.1. The lowest BCUT2D eigenvalue weighted by Gasteiger charge is -2.13. The van der Waals surface area contributed by atoms with Gasteiger partial charge >= 0.3 is 6.61 Å². The Balaban J connectivity index is 2.16. The summed E-state index contributed by atoms with van der Waals surface area (Å²) in [4.78, 5) is 24.7. The lowest BCUT2D eigenvalue weighted by atomic mass is 10.1. The fraction of sp³-hybridized carbons (Fsp3) is 0.263. The van der Waals surface area contributed by atoms with Crippen molar-refractivity contribution in [3.63, 3.8) is 0 Å². The maximum absolute atomic E-state index is 12.4. The first-order valence-corrected chi connectivity index (χ1v) is 8.10. The Morgan fingerprint density at radius 2 is 1.77 bits per heavy atom. The van der Waals surface area contributed by atoms with Gasteiger partial charge < -0.3 is 15.4 Å². The Kier molecular flexibility index (Phi) is 6.66. The molecule has 0 atom stereocenters. The van der Waals surface area contributed by atoms with Gasteiger partial charge in [0.2, 0.25) is 0 Å². The van der Waals surface area contributed by atoms with Gasteiger partial charge in [0.05, 0.1) is 11.3 Å². The zero-order valence-electron chi connectivity index (χ0n) is 14.5. The van der Waals surface area contributed by atoms with Crippen LogP contribution in [-0.2, 0) is 0 Å². The van der Waals surface area contributed by atoms with Gasteiger partial charge in [-0.25, -0.2) is 0 Å².